The maximum Gasteiger partial charge on any atom is 0.291 e. The molecule has 0 saturated heterocycles. The Hall–Kier alpha value is -1.43. The van der Waals surface area contributed by atoms with Crippen LogP contribution >= 0.6 is 39.2 Å². The molecular formula is C21H25BrF2N6OS2Si. The molecule has 0 unspecified atom stereocenters. The molecule has 1 fully saturated rings. The van der Waals surface area contributed by atoms with Gasteiger partial charge in [-0.2, -0.15) is 10.4 Å². The van der Waals surface area contributed by atoms with Crippen LogP contribution in [0.25, 0.3) is 21.6 Å². The first-order valence-corrected chi connectivity index (χ1v) is 16.8. The summed E-state index contributed by atoms with van der Waals surface area (Å²) >= 11 is 5.95. The van der Waals surface area contributed by atoms with E-state index in [1.165, 1.54) is 11.9 Å². The number of nitriles is 1. The fourth-order valence-corrected chi connectivity index (χ4v) is 6.84. The van der Waals surface area contributed by atoms with Crippen molar-refractivity contribution in [3.63, 3.8) is 0 Å². The third kappa shape index (κ3) is 5.52. The van der Waals surface area contributed by atoms with E-state index in [0.717, 1.165) is 50.5 Å². The molecular weight excluding hydrogens is 562 g/mol. The number of hydrogen-bond donors (Lipinski definition) is 0. The van der Waals surface area contributed by atoms with Crippen molar-refractivity contribution in [1.82, 2.24) is 24.3 Å². The zero-order chi connectivity index (χ0) is 24.7. The molecule has 0 aliphatic heterocycles. The molecule has 0 atom stereocenters. The van der Waals surface area contributed by atoms with Gasteiger partial charge in [-0.3, -0.25) is 4.68 Å². The third-order valence-corrected chi connectivity index (χ3v) is 9.89. The van der Waals surface area contributed by atoms with E-state index in [-0.39, 0.29) is 5.01 Å². The molecule has 0 bridgehead atoms. The fourth-order valence-electron chi connectivity index (χ4n) is 3.39. The molecule has 3 aromatic rings. The van der Waals surface area contributed by atoms with Crippen LogP contribution in [0.4, 0.5) is 8.78 Å². The Labute approximate surface area is 214 Å². The molecule has 2 aromatic heterocycles. The molecule has 1 saturated carbocycles. The topological polar surface area (TPSA) is 79.9 Å². The standard InChI is InChI=1S/C21H25BrF2N6OS2Si/c1-29-17-14(16(28-29)19-26-27-20(32-19)18(23)24)9-13(10-15(17)22)33-30(21(11-25)5-6-21)12-31-7-8-34(2,3)4/h9-10,18H,5-8,12H2,1-4H3. The third-order valence-electron chi connectivity index (χ3n) is 5.53. The summed E-state index contributed by atoms with van der Waals surface area (Å²) < 4.78 is 36.6. The summed E-state index contributed by atoms with van der Waals surface area (Å²) in [6.07, 6.45) is -1.07. The molecule has 1 aliphatic rings. The Bertz CT molecular complexity index is 1230. The lowest BCUT2D eigenvalue weighted by Crippen LogP contribution is -2.33. The van der Waals surface area contributed by atoms with E-state index in [2.05, 4.69) is 56.9 Å². The van der Waals surface area contributed by atoms with Gasteiger partial charge in [-0.25, -0.2) is 13.1 Å². The second-order valence-electron chi connectivity index (χ2n) is 9.48. The van der Waals surface area contributed by atoms with Gasteiger partial charge < -0.3 is 4.74 Å². The van der Waals surface area contributed by atoms with Gasteiger partial charge in [0, 0.05) is 36.5 Å². The van der Waals surface area contributed by atoms with Crippen LogP contribution in [0.5, 0.6) is 0 Å². The summed E-state index contributed by atoms with van der Waals surface area (Å²) in [6, 6.07) is 7.45. The molecule has 7 nitrogen and oxygen atoms in total. The number of nitrogens with zero attached hydrogens (tertiary/aromatic N) is 6. The smallest absolute Gasteiger partial charge is 0.291 e. The van der Waals surface area contributed by atoms with E-state index in [1.807, 2.05) is 16.4 Å². The zero-order valence-electron chi connectivity index (χ0n) is 19.3. The summed E-state index contributed by atoms with van der Waals surface area (Å²) in [4.78, 5) is 0.891. The molecule has 0 amide bonds. The number of benzene rings is 1. The number of alkyl halides is 2. The minimum atomic E-state index is -2.67. The Morgan fingerprint density at radius 1 is 1.35 bits per heavy atom. The molecule has 1 aliphatic carbocycles. The lowest BCUT2D eigenvalue weighted by Gasteiger charge is -2.26. The monoisotopic (exact) mass is 586 g/mol. The van der Waals surface area contributed by atoms with Crippen molar-refractivity contribution >= 4 is 58.2 Å². The van der Waals surface area contributed by atoms with Crippen molar-refractivity contribution in [3.05, 3.63) is 21.6 Å². The van der Waals surface area contributed by atoms with E-state index >= 15 is 0 Å². The van der Waals surface area contributed by atoms with Gasteiger partial charge in [0.25, 0.3) is 6.43 Å². The normalized spacial score (nSPS) is 15.4. The van der Waals surface area contributed by atoms with Crippen LogP contribution in [0.1, 0.15) is 24.3 Å². The second kappa shape index (κ2) is 9.91. The van der Waals surface area contributed by atoms with Crippen molar-refractivity contribution in [1.29, 1.82) is 5.26 Å². The number of halogens is 3. The van der Waals surface area contributed by atoms with Gasteiger partial charge >= 0.3 is 0 Å². The van der Waals surface area contributed by atoms with Crippen molar-refractivity contribution in [2.45, 2.75) is 55.4 Å². The fraction of sp³-hybridized carbons (Fsp3) is 0.524. The highest BCUT2D eigenvalue weighted by atomic mass is 79.9. The number of aryl methyl sites for hydroxylation is 1. The van der Waals surface area contributed by atoms with E-state index < -0.39 is 20.0 Å². The predicted molar refractivity (Wildman–Crippen MR) is 137 cm³/mol. The second-order valence-corrected chi connectivity index (χ2v) is 18.1. The van der Waals surface area contributed by atoms with Gasteiger partial charge in [-0.15, -0.1) is 10.2 Å². The highest BCUT2D eigenvalue weighted by Crippen LogP contribution is 2.47. The van der Waals surface area contributed by atoms with Crippen molar-refractivity contribution in [2.24, 2.45) is 7.05 Å². The SMILES string of the molecule is Cn1nc(-c2nnc(C(F)F)s2)c2cc(SN(COCC[Si](C)(C)C)C3(C#N)CC3)cc(Br)c21. The Morgan fingerprint density at radius 3 is 2.68 bits per heavy atom. The summed E-state index contributed by atoms with van der Waals surface area (Å²) in [7, 11) is 0.588. The van der Waals surface area contributed by atoms with Crippen molar-refractivity contribution < 1.29 is 13.5 Å². The number of fused-ring (bicyclic) bond motifs is 1. The average Bonchev–Trinajstić information content (AvgIpc) is 3.26. The first-order chi connectivity index (χ1) is 16.0. The average molecular weight is 588 g/mol. The first-order valence-electron chi connectivity index (χ1n) is 10.8. The van der Waals surface area contributed by atoms with E-state index in [0.29, 0.717) is 24.0 Å². The minimum Gasteiger partial charge on any atom is -0.365 e. The van der Waals surface area contributed by atoms with Gasteiger partial charge in [-0.05, 0) is 58.9 Å². The predicted octanol–water partition coefficient (Wildman–Crippen LogP) is 6.47. The molecule has 1 aromatic carbocycles. The number of rotatable bonds is 10. The van der Waals surface area contributed by atoms with E-state index in [4.69, 9.17) is 4.74 Å². The van der Waals surface area contributed by atoms with E-state index in [1.54, 1.807) is 11.7 Å². The Kier molecular flexibility index (Phi) is 7.47. The van der Waals surface area contributed by atoms with Crippen LogP contribution in [0.2, 0.25) is 25.7 Å². The van der Waals surface area contributed by atoms with Crippen molar-refractivity contribution in [3.8, 4) is 16.8 Å². The number of hydrogen-bond acceptors (Lipinski definition) is 8. The highest BCUT2D eigenvalue weighted by molar-refractivity contribution is 9.10. The van der Waals surface area contributed by atoms with E-state index in [9.17, 15) is 14.0 Å². The summed E-state index contributed by atoms with van der Waals surface area (Å²) in [5, 5.41) is 22.7. The summed E-state index contributed by atoms with van der Waals surface area (Å²) in [5.41, 5.74) is 0.797. The van der Waals surface area contributed by atoms with Crippen LogP contribution in [0.3, 0.4) is 0 Å². The summed E-state index contributed by atoms with van der Waals surface area (Å²) in [5.74, 6) is 0. The molecule has 2 heterocycles. The van der Waals surface area contributed by atoms with Crippen molar-refractivity contribution in [2.75, 3.05) is 13.3 Å². The minimum absolute atomic E-state index is 0.329. The highest BCUT2D eigenvalue weighted by Gasteiger charge is 2.49. The maximum atomic E-state index is 13.1. The van der Waals surface area contributed by atoms with Gasteiger partial charge in [0.05, 0.1) is 11.6 Å². The zero-order valence-corrected chi connectivity index (χ0v) is 23.5. The van der Waals surface area contributed by atoms with Gasteiger partial charge in [-0.1, -0.05) is 31.0 Å². The molecule has 4 rings (SSSR count). The van der Waals surface area contributed by atoms with Crippen LogP contribution in [0, 0.1) is 11.3 Å². The molecule has 182 valence electrons. The molecule has 13 heteroatoms. The quantitative estimate of drug-likeness (QED) is 0.116. The van der Waals surface area contributed by atoms with Crippen LogP contribution in [-0.4, -0.2) is 51.2 Å². The largest absolute Gasteiger partial charge is 0.365 e. The Morgan fingerprint density at radius 2 is 2.09 bits per heavy atom. The lowest BCUT2D eigenvalue weighted by atomic mass is 10.2. The van der Waals surface area contributed by atoms with Gasteiger partial charge in [0.1, 0.15) is 18.0 Å². The maximum absolute atomic E-state index is 13.1. The Balaban J connectivity index is 1.63. The van der Waals surface area contributed by atoms with Gasteiger partial charge in [0.2, 0.25) is 0 Å². The summed E-state index contributed by atoms with van der Waals surface area (Å²) in [6.45, 7) is 7.95. The number of aromatic nitrogens is 4. The molecule has 0 spiro atoms. The number of ether oxygens (including phenoxy) is 1. The lowest BCUT2D eigenvalue weighted by molar-refractivity contribution is 0.0722. The first kappa shape index (κ1) is 25.7. The molecule has 34 heavy (non-hydrogen) atoms. The molecule has 0 N–H and O–H groups in total. The van der Waals surface area contributed by atoms with Crippen LogP contribution in [0.15, 0.2) is 21.5 Å². The van der Waals surface area contributed by atoms with Crippen LogP contribution in [-0.2, 0) is 11.8 Å². The molecule has 0 radical (unpaired) electrons. The van der Waals surface area contributed by atoms with Gasteiger partial charge in [0.15, 0.2) is 10.0 Å². The van der Waals surface area contributed by atoms with Crippen LogP contribution < -0.4 is 0 Å².